The Balaban J connectivity index is 0.00000243. The number of benzene rings is 2. The number of anilines is 1. The fourth-order valence-corrected chi connectivity index (χ4v) is 2.65. The van der Waals surface area contributed by atoms with Crippen molar-refractivity contribution >= 4 is 11.7 Å². The molecule has 7 heteroatoms. The van der Waals surface area contributed by atoms with Crippen LogP contribution in [-0.4, -0.2) is 17.5 Å². The maximum atomic E-state index is 13.1. The van der Waals surface area contributed by atoms with Crippen molar-refractivity contribution in [3.8, 4) is 17.0 Å². The first-order valence-corrected chi connectivity index (χ1v) is 7.77. The molecule has 2 N–H and O–H groups in total. The van der Waals surface area contributed by atoms with Crippen LogP contribution in [-0.2, 0) is 13.6 Å². The zero-order valence-corrected chi connectivity index (χ0v) is 16.0. The van der Waals surface area contributed by atoms with Gasteiger partial charge in [-0.1, -0.05) is 0 Å². The molecule has 0 bridgehead atoms. The summed E-state index contributed by atoms with van der Waals surface area (Å²) in [4.78, 5) is 12.5. The van der Waals surface area contributed by atoms with Crippen LogP contribution in [0.2, 0.25) is 0 Å². The molecule has 0 saturated carbocycles. The minimum Gasteiger partial charge on any atom is -1.00 e. The second-order valence-electron chi connectivity index (χ2n) is 5.72. The van der Waals surface area contributed by atoms with E-state index in [1.165, 1.54) is 12.1 Å². The first-order valence-electron chi connectivity index (χ1n) is 7.77. The largest absolute Gasteiger partial charge is 1.00 e. The van der Waals surface area contributed by atoms with E-state index in [2.05, 4.69) is 0 Å². The minimum absolute atomic E-state index is 0. The molecule has 1 aromatic heterocycles. The Hall–Kier alpha value is -2.67. The molecule has 0 aliphatic rings. The molecule has 3 rings (SSSR count). The van der Waals surface area contributed by atoms with E-state index in [0.717, 1.165) is 11.3 Å². The highest BCUT2D eigenvalue weighted by Gasteiger charge is 2.20. The van der Waals surface area contributed by atoms with Gasteiger partial charge in [-0.15, -0.1) is 0 Å². The molecule has 0 amide bonds. The molecule has 0 unspecified atom stereocenters. The van der Waals surface area contributed by atoms with Crippen LogP contribution >= 0.6 is 0 Å². The lowest BCUT2D eigenvalue weighted by Crippen LogP contribution is -3.00. The van der Waals surface area contributed by atoms with Crippen LogP contribution < -0.4 is 32.0 Å². The van der Waals surface area contributed by atoms with Crippen LogP contribution in [0.5, 0.6) is 5.75 Å². The second kappa shape index (κ2) is 8.14. The molecule has 5 nitrogen and oxygen atoms in total. The molecular weight excluding hydrogens is 401 g/mol. The van der Waals surface area contributed by atoms with E-state index in [1.807, 2.05) is 7.05 Å². The quantitative estimate of drug-likeness (QED) is 0.452. The summed E-state index contributed by atoms with van der Waals surface area (Å²) in [5.74, 6) is 0.785. The molecule has 3 aromatic rings. The number of nitrogens with two attached hydrogens (primary N) is 1. The van der Waals surface area contributed by atoms with Crippen molar-refractivity contribution in [2.24, 2.45) is 7.05 Å². The highest BCUT2D eigenvalue weighted by molar-refractivity contribution is 5.95. The topological polar surface area (TPSA) is 61.1 Å². The van der Waals surface area contributed by atoms with Gasteiger partial charge in [-0.2, -0.15) is 0 Å². The Labute approximate surface area is 161 Å². The molecule has 26 heavy (non-hydrogen) atoms. The Morgan fingerprint density at radius 3 is 2.35 bits per heavy atom. The molecule has 136 valence electrons. The summed E-state index contributed by atoms with van der Waals surface area (Å²) in [5.41, 5.74) is 8.34. The normalized spacial score (nSPS) is 10.3. The van der Waals surface area contributed by atoms with Gasteiger partial charge in [0.2, 0.25) is 0 Å². The number of ether oxygens (including phenoxy) is 1. The third-order valence-corrected chi connectivity index (χ3v) is 4.14. The van der Waals surface area contributed by atoms with Crippen molar-refractivity contribution in [1.29, 1.82) is 0 Å². The Kier molecular flexibility index (Phi) is 6.15. The summed E-state index contributed by atoms with van der Waals surface area (Å²) >= 11 is 0. The van der Waals surface area contributed by atoms with Crippen LogP contribution in [0.4, 0.5) is 10.3 Å². The number of nitrogens with zero attached hydrogens (tertiary/aromatic N) is 2. The third-order valence-electron chi connectivity index (χ3n) is 4.14. The van der Waals surface area contributed by atoms with Crippen molar-refractivity contribution in [2.45, 2.75) is 6.54 Å². The molecule has 0 atom stereocenters. The number of imidazole rings is 1. The predicted molar refractivity (Wildman–Crippen MR) is 92.7 cm³/mol. The van der Waals surface area contributed by atoms with E-state index in [9.17, 15) is 9.18 Å². The van der Waals surface area contributed by atoms with E-state index in [-0.39, 0.29) is 35.1 Å². The van der Waals surface area contributed by atoms with Gasteiger partial charge in [-0.3, -0.25) is 10.5 Å². The standard InChI is InChI=1S/C19H18FN3O2.BrH/c1-22-17(13-3-7-15(20)8-4-13)11-23(19(22)21)12-18(24)14-5-9-16(25-2)10-6-14;/h3-11,21H,12H2,1-2H3;1H. The van der Waals surface area contributed by atoms with E-state index < -0.39 is 0 Å². The summed E-state index contributed by atoms with van der Waals surface area (Å²) in [6, 6.07) is 13.1. The SMILES string of the molecule is COc1ccc(C(=O)C[n+]2cc(-c3ccc(F)cc3)n(C)c2N)cc1.[Br-]. The zero-order valence-electron chi connectivity index (χ0n) is 14.4. The molecule has 0 fully saturated rings. The maximum Gasteiger partial charge on any atom is 0.355 e. The second-order valence-corrected chi connectivity index (χ2v) is 5.72. The number of methoxy groups -OCH3 is 1. The number of carbonyl (C=O) groups excluding carboxylic acids is 1. The number of aromatic nitrogens is 2. The fraction of sp³-hybridized carbons (Fsp3) is 0.158. The van der Waals surface area contributed by atoms with Crippen LogP contribution in [0.25, 0.3) is 11.3 Å². The van der Waals surface area contributed by atoms with Gasteiger partial charge in [-0.05, 0) is 48.5 Å². The monoisotopic (exact) mass is 419 g/mol. The molecule has 0 aliphatic carbocycles. The van der Waals surface area contributed by atoms with Gasteiger partial charge < -0.3 is 21.7 Å². The van der Waals surface area contributed by atoms with Gasteiger partial charge >= 0.3 is 5.95 Å². The summed E-state index contributed by atoms with van der Waals surface area (Å²) in [7, 11) is 3.39. The smallest absolute Gasteiger partial charge is 0.355 e. The van der Waals surface area contributed by atoms with Crippen molar-refractivity contribution in [3.05, 3.63) is 66.1 Å². The van der Waals surface area contributed by atoms with E-state index >= 15 is 0 Å². The van der Waals surface area contributed by atoms with Gasteiger partial charge in [0.25, 0.3) is 0 Å². The van der Waals surface area contributed by atoms with E-state index in [4.69, 9.17) is 10.5 Å². The van der Waals surface area contributed by atoms with Crippen LogP contribution in [0.1, 0.15) is 10.4 Å². The van der Waals surface area contributed by atoms with E-state index in [1.54, 1.807) is 58.8 Å². The summed E-state index contributed by atoms with van der Waals surface area (Å²) in [5, 5.41) is 0. The van der Waals surface area contributed by atoms with Crippen molar-refractivity contribution < 1.29 is 35.5 Å². The first-order chi connectivity index (χ1) is 12.0. The molecular formula is C19H19BrFN3O2. The number of Topliss-reactive ketones (excluding diaryl/α,β-unsaturated/α-hetero) is 1. The maximum absolute atomic E-state index is 13.1. The summed E-state index contributed by atoms with van der Waals surface area (Å²) in [6.07, 6.45) is 1.80. The van der Waals surface area contributed by atoms with Gasteiger partial charge in [0, 0.05) is 11.1 Å². The molecule has 0 spiro atoms. The lowest BCUT2D eigenvalue weighted by Gasteiger charge is -2.02. The summed E-state index contributed by atoms with van der Waals surface area (Å²) < 4.78 is 21.7. The molecule has 0 radical (unpaired) electrons. The predicted octanol–water partition coefficient (Wildman–Crippen LogP) is -0.404. The molecule has 0 saturated heterocycles. The zero-order chi connectivity index (χ0) is 18.0. The third kappa shape index (κ3) is 3.94. The Morgan fingerprint density at radius 2 is 1.77 bits per heavy atom. The van der Waals surface area contributed by atoms with Gasteiger partial charge in [0.1, 0.15) is 30.0 Å². The number of nitrogen functional groups attached to an aromatic ring is 1. The van der Waals surface area contributed by atoms with Crippen molar-refractivity contribution in [1.82, 2.24) is 4.57 Å². The van der Waals surface area contributed by atoms with Crippen LogP contribution in [0.3, 0.4) is 0 Å². The van der Waals surface area contributed by atoms with Crippen LogP contribution in [0.15, 0.2) is 54.7 Å². The number of ketones is 1. The van der Waals surface area contributed by atoms with Gasteiger partial charge in [0.05, 0.1) is 14.2 Å². The highest BCUT2D eigenvalue weighted by atomic mass is 79.9. The highest BCUT2D eigenvalue weighted by Crippen LogP contribution is 2.20. The van der Waals surface area contributed by atoms with Crippen molar-refractivity contribution in [3.63, 3.8) is 0 Å². The first kappa shape index (κ1) is 19.7. The van der Waals surface area contributed by atoms with Crippen LogP contribution in [0, 0.1) is 5.82 Å². The minimum atomic E-state index is -0.298. The fourth-order valence-electron chi connectivity index (χ4n) is 2.65. The molecule has 1 heterocycles. The van der Waals surface area contributed by atoms with Gasteiger partial charge in [-0.25, -0.2) is 13.5 Å². The number of hydrogen-bond donors (Lipinski definition) is 1. The average molecular weight is 420 g/mol. The molecule has 2 aromatic carbocycles. The number of carbonyl (C=O) groups is 1. The van der Waals surface area contributed by atoms with Crippen molar-refractivity contribution in [2.75, 3.05) is 12.8 Å². The lowest BCUT2D eigenvalue weighted by molar-refractivity contribution is -0.667. The average Bonchev–Trinajstić information content (AvgIpc) is 2.91. The molecule has 0 aliphatic heterocycles. The Morgan fingerprint density at radius 1 is 1.15 bits per heavy atom. The summed E-state index contributed by atoms with van der Waals surface area (Å²) in [6.45, 7) is 0.118. The number of hydrogen-bond acceptors (Lipinski definition) is 3. The number of halogens is 2. The lowest BCUT2D eigenvalue weighted by atomic mass is 10.1. The number of rotatable bonds is 5. The van der Waals surface area contributed by atoms with E-state index in [0.29, 0.717) is 17.3 Å². The van der Waals surface area contributed by atoms with Gasteiger partial charge in [0.15, 0.2) is 5.78 Å². The Bertz CT molecular complexity index is 906.